The second-order valence-electron chi connectivity index (χ2n) is 5.06. The van der Waals surface area contributed by atoms with Crippen LogP contribution in [0.2, 0.25) is 0 Å². The molecule has 0 saturated heterocycles. The van der Waals surface area contributed by atoms with Crippen molar-refractivity contribution in [2.45, 2.75) is 45.8 Å². The lowest BCUT2D eigenvalue weighted by atomic mass is 10.0. The quantitative estimate of drug-likeness (QED) is 0.788. The molecule has 0 heterocycles. The molecule has 0 fully saturated rings. The summed E-state index contributed by atoms with van der Waals surface area (Å²) in [5, 5.41) is 2.95. The van der Waals surface area contributed by atoms with E-state index in [-0.39, 0.29) is 11.4 Å². The highest BCUT2D eigenvalue weighted by molar-refractivity contribution is 5.81. The maximum absolute atomic E-state index is 11.9. The first kappa shape index (κ1) is 14.4. The molecule has 4 heteroatoms. The molecule has 0 bridgehead atoms. The molecule has 3 N–H and O–H groups in total. The van der Waals surface area contributed by atoms with Gasteiger partial charge in [0.05, 0.1) is 0 Å². The standard InChI is InChI=1S/C14H22N2O2/c1-5-14(3,4)16-13(17)10(2)18-12-8-6-11(15)7-9-12/h6-10H,5,15H2,1-4H3,(H,16,17). The van der Waals surface area contributed by atoms with Gasteiger partial charge in [0.2, 0.25) is 0 Å². The third-order valence-electron chi connectivity index (χ3n) is 2.91. The second kappa shape index (κ2) is 5.76. The van der Waals surface area contributed by atoms with Crippen LogP contribution in [0.1, 0.15) is 34.1 Å². The Morgan fingerprint density at radius 2 is 1.94 bits per heavy atom. The van der Waals surface area contributed by atoms with Crippen LogP contribution in [0.15, 0.2) is 24.3 Å². The average Bonchev–Trinajstić information content (AvgIpc) is 2.31. The van der Waals surface area contributed by atoms with Crippen molar-refractivity contribution in [2.24, 2.45) is 0 Å². The summed E-state index contributed by atoms with van der Waals surface area (Å²) in [4.78, 5) is 11.9. The van der Waals surface area contributed by atoms with E-state index >= 15 is 0 Å². The molecule has 1 unspecified atom stereocenters. The van der Waals surface area contributed by atoms with Crippen LogP contribution in [0, 0.1) is 0 Å². The van der Waals surface area contributed by atoms with E-state index in [1.165, 1.54) is 0 Å². The zero-order valence-corrected chi connectivity index (χ0v) is 11.5. The summed E-state index contributed by atoms with van der Waals surface area (Å²) in [6, 6.07) is 7.00. The van der Waals surface area contributed by atoms with E-state index in [1.807, 2.05) is 20.8 Å². The molecule has 0 aromatic heterocycles. The number of nitrogens with two attached hydrogens (primary N) is 1. The van der Waals surface area contributed by atoms with Gasteiger partial charge in [-0.25, -0.2) is 0 Å². The summed E-state index contributed by atoms with van der Waals surface area (Å²) >= 11 is 0. The van der Waals surface area contributed by atoms with Crippen molar-refractivity contribution >= 4 is 11.6 Å². The van der Waals surface area contributed by atoms with E-state index in [1.54, 1.807) is 31.2 Å². The number of carbonyl (C=O) groups is 1. The molecule has 1 aromatic rings. The van der Waals surface area contributed by atoms with Gasteiger partial charge in [-0.05, 0) is 51.5 Å². The van der Waals surface area contributed by atoms with Gasteiger partial charge in [-0.2, -0.15) is 0 Å². The largest absolute Gasteiger partial charge is 0.481 e. The number of nitrogen functional groups attached to an aromatic ring is 1. The highest BCUT2D eigenvalue weighted by atomic mass is 16.5. The Bertz CT molecular complexity index is 399. The average molecular weight is 250 g/mol. The van der Waals surface area contributed by atoms with Crippen LogP contribution in [-0.2, 0) is 4.79 Å². The van der Waals surface area contributed by atoms with Gasteiger partial charge in [0.15, 0.2) is 6.10 Å². The molecule has 0 spiro atoms. The Morgan fingerprint density at radius 1 is 1.39 bits per heavy atom. The van der Waals surface area contributed by atoms with E-state index in [0.29, 0.717) is 11.4 Å². The Labute approximate surface area is 109 Å². The molecular formula is C14H22N2O2. The number of amides is 1. The zero-order chi connectivity index (χ0) is 13.8. The minimum absolute atomic E-state index is 0.112. The van der Waals surface area contributed by atoms with Gasteiger partial charge in [0.1, 0.15) is 5.75 Å². The van der Waals surface area contributed by atoms with Crippen molar-refractivity contribution in [1.82, 2.24) is 5.32 Å². The Balaban J connectivity index is 2.57. The van der Waals surface area contributed by atoms with Crippen LogP contribution < -0.4 is 15.8 Å². The Kier molecular flexibility index (Phi) is 4.59. The highest BCUT2D eigenvalue weighted by Gasteiger charge is 2.22. The summed E-state index contributed by atoms with van der Waals surface area (Å²) in [5.74, 6) is 0.528. The number of carbonyl (C=O) groups excluding carboxylic acids is 1. The van der Waals surface area contributed by atoms with Gasteiger partial charge in [0, 0.05) is 11.2 Å². The summed E-state index contributed by atoms with van der Waals surface area (Å²) in [7, 11) is 0. The molecule has 1 atom stereocenters. The number of rotatable bonds is 5. The Morgan fingerprint density at radius 3 is 2.44 bits per heavy atom. The molecule has 4 nitrogen and oxygen atoms in total. The summed E-state index contributed by atoms with van der Waals surface area (Å²) in [5.41, 5.74) is 6.04. The molecule has 0 aliphatic heterocycles. The van der Waals surface area contributed by atoms with Crippen LogP contribution in [0.3, 0.4) is 0 Å². The molecule has 0 aliphatic carbocycles. The zero-order valence-electron chi connectivity index (χ0n) is 11.5. The van der Waals surface area contributed by atoms with Crippen LogP contribution in [-0.4, -0.2) is 17.6 Å². The van der Waals surface area contributed by atoms with Gasteiger partial charge in [-0.3, -0.25) is 4.79 Å². The third-order valence-corrected chi connectivity index (χ3v) is 2.91. The van der Waals surface area contributed by atoms with Gasteiger partial charge >= 0.3 is 0 Å². The van der Waals surface area contributed by atoms with Gasteiger partial charge < -0.3 is 15.8 Å². The summed E-state index contributed by atoms with van der Waals surface area (Å²) in [6.45, 7) is 7.74. The minimum Gasteiger partial charge on any atom is -0.481 e. The van der Waals surface area contributed by atoms with Gasteiger partial charge in [-0.1, -0.05) is 6.92 Å². The number of hydrogen-bond donors (Lipinski definition) is 2. The first-order valence-corrected chi connectivity index (χ1v) is 6.18. The molecule has 1 rings (SSSR count). The lowest BCUT2D eigenvalue weighted by Crippen LogP contribution is -2.48. The van der Waals surface area contributed by atoms with Crippen molar-refractivity contribution in [2.75, 3.05) is 5.73 Å². The van der Waals surface area contributed by atoms with E-state index < -0.39 is 6.10 Å². The lowest BCUT2D eigenvalue weighted by Gasteiger charge is -2.26. The van der Waals surface area contributed by atoms with Crippen LogP contribution >= 0.6 is 0 Å². The number of nitrogens with one attached hydrogen (secondary N) is 1. The third kappa shape index (κ3) is 4.28. The summed E-state index contributed by atoms with van der Waals surface area (Å²) in [6.07, 6.45) is 0.340. The number of anilines is 1. The molecule has 100 valence electrons. The Hall–Kier alpha value is -1.71. The van der Waals surface area contributed by atoms with Crippen LogP contribution in [0.4, 0.5) is 5.69 Å². The van der Waals surface area contributed by atoms with Crippen LogP contribution in [0.5, 0.6) is 5.75 Å². The summed E-state index contributed by atoms with van der Waals surface area (Å²) < 4.78 is 5.55. The smallest absolute Gasteiger partial charge is 0.261 e. The van der Waals surface area contributed by atoms with E-state index in [2.05, 4.69) is 5.32 Å². The van der Waals surface area contributed by atoms with Crippen LogP contribution in [0.25, 0.3) is 0 Å². The van der Waals surface area contributed by atoms with E-state index in [9.17, 15) is 4.79 Å². The first-order chi connectivity index (χ1) is 8.34. The molecule has 1 amide bonds. The van der Waals surface area contributed by atoms with E-state index in [0.717, 1.165) is 6.42 Å². The minimum atomic E-state index is -0.528. The highest BCUT2D eigenvalue weighted by Crippen LogP contribution is 2.15. The maximum atomic E-state index is 11.9. The number of hydrogen-bond acceptors (Lipinski definition) is 3. The molecule has 0 aliphatic rings. The first-order valence-electron chi connectivity index (χ1n) is 6.18. The lowest BCUT2D eigenvalue weighted by molar-refractivity contribution is -0.128. The van der Waals surface area contributed by atoms with Gasteiger partial charge in [-0.15, -0.1) is 0 Å². The maximum Gasteiger partial charge on any atom is 0.261 e. The predicted octanol–water partition coefficient (Wildman–Crippen LogP) is 2.34. The van der Waals surface area contributed by atoms with Crippen molar-refractivity contribution < 1.29 is 9.53 Å². The SMILES string of the molecule is CCC(C)(C)NC(=O)C(C)Oc1ccc(N)cc1. The molecule has 1 aromatic carbocycles. The van der Waals surface area contributed by atoms with Crippen molar-refractivity contribution in [3.63, 3.8) is 0 Å². The normalized spacial score (nSPS) is 12.9. The van der Waals surface area contributed by atoms with Crippen molar-refractivity contribution in [3.05, 3.63) is 24.3 Å². The molecule has 0 saturated carbocycles. The van der Waals surface area contributed by atoms with Crippen molar-refractivity contribution in [3.8, 4) is 5.75 Å². The molecule has 0 radical (unpaired) electrons. The monoisotopic (exact) mass is 250 g/mol. The number of ether oxygens (including phenoxy) is 1. The second-order valence-corrected chi connectivity index (χ2v) is 5.06. The number of benzene rings is 1. The van der Waals surface area contributed by atoms with Gasteiger partial charge in [0.25, 0.3) is 5.91 Å². The topological polar surface area (TPSA) is 64.3 Å². The van der Waals surface area contributed by atoms with E-state index in [4.69, 9.17) is 10.5 Å². The fraction of sp³-hybridized carbons (Fsp3) is 0.500. The predicted molar refractivity (Wildman–Crippen MR) is 73.5 cm³/mol. The van der Waals surface area contributed by atoms with Crippen molar-refractivity contribution in [1.29, 1.82) is 0 Å². The molecular weight excluding hydrogens is 228 g/mol. The molecule has 18 heavy (non-hydrogen) atoms. The fourth-order valence-corrected chi connectivity index (χ4v) is 1.33. The fourth-order valence-electron chi connectivity index (χ4n) is 1.33.